The molecular weight excluding hydrogens is 316 g/mol. The van der Waals surface area contributed by atoms with Crippen molar-refractivity contribution in [2.24, 2.45) is 0 Å². The lowest BCUT2D eigenvalue weighted by Crippen LogP contribution is -2.28. The van der Waals surface area contributed by atoms with Crippen LogP contribution < -0.4 is 0 Å². The fraction of sp³-hybridized carbons (Fsp3) is 0.143. The number of rotatable bonds is 2. The SMILES string of the molecule is c1ccc2c(c1)cc(C1(c3ccsc3)OCCO1)c1ccccc12. The zero-order chi connectivity index (χ0) is 16.0. The summed E-state index contributed by atoms with van der Waals surface area (Å²) in [6.07, 6.45) is 0. The lowest BCUT2D eigenvalue weighted by atomic mass is 9.90. The minimum atomic E-state index is -0.802. The lowest BCUT2D eigenvalue weighted by Gasteiger charge is -2.29. The highest BCUT2D eigenvalue weighted by molar-refractivity contribution is 7.08. The highest BCUT2D eigenvalue weighted by Crippen LogP contribution is 2.44. The first-order valence-electron chi connectivity index (χ1n) is 8.10. The summed E-state index contributed by atoms with van der Waals surface area (Å²) in [6, 6.07) is 21.3. The van der Waals surface area contributed by atoms with Gasteiger partial charge < -0.3 is 9.47 Å². The lowest BCUT2D eigenvalue weighted by molar-refractivity contribution is -0.128. The first-order chi connectivity index (χ1) is 11.9. The number of fused-ring (bicyclic) bond motifs is 3. The summed E-state index contributed by atoms with van der Waals surface area (Å²) in [7, 11) is 0. The molecule has 4 aromatic rings. The fourth-order valence-corrected chi connectivity index (χ4v) is 4.35. The molecule has 0 atom stereocenters. The Morgan fingerprint density at radius 1 is 0.792 bits per heavy atom. The van der Waals surface area contributed by atoms with Gasteiger partial charge in [0.05, 0.1) is 13.2 Å². The second-order valence-corrected chi connectivity index (χ2v) is 6.80. The standard InChI is InChI=1S/C21H16O2S/c1-2-6-17-15(5-1)13-20(19-8-4-3-7-18(17)19)21(22-10-11-23-21)16-9-12-24-14-16/h1-9,12-14H,10-11H2. The predicted octanol–water partition coefficient (Wildman–Crippen LogP) is 5.30. The third-order valence-corrected chi connectivity index (χ3v) is 5.40. The minimum Gasteiger partial charge on any atom is -0.340 e. The largest absolute Gasteiger partial charge is 0.340 e. The van der Waals surface area contributed by atoms with E-state index >= 15 is 0 Å². The molecule has 0 N–H and O–H groups in total. The molecule has 0 bridgehead atoms. The van der Waals surface area contributed by atoms with Gasteiger partial charge in [0.15, 0.2) is 0 Å². The van der Waals surface area contributed by atoms with E-state index in [1.54, 1.807) is 11.3 Å². The maximum absolute atomic E-state index is 6.21. The Hall–Kier alpha value is -2.20. The molecule has 0 amide bonds. The number of hydrogen-bond acceptors (Lipinski definition) is 3. The van der Waals surface area contributed by atoms with Crippen LogP contribution in [0.4, 0.5) is 0 Å². The van der Waals surface area contributed by atoms with E-state index in [1.807, 2.05) is 0 Å². The molecule has 0 unspecified atom stereocenters. The van der Waals surface area contributed by atoms with Gasteiger partial charge in [-0.1, -0.05) is 48.5 Å². The smallest absolute Gasteiger partial charge is 0.223 e. The first-order valence-corrected chi connectivity index (χ1v) is 9.04. The topological polar surface area (TPSA) is 18.5 Å². The van der Waals surface area contributed by atoms with Crippen molar-refractivity contribution in [2.45, 2.75) is 5.79 Å². The van der Waals surface area contributed by atoms with Gasteiger partial charge in [-0.25, -0.2) is 0 Å². The zero-order valence-electron chi connectivity index (χ0n) is 13.1. The molecule has 3 aromatic carbocycles. The van der Waals surface area contributed by atoms with Gasteiger partial charge in [-0.3, -0.25) is 0 Å². The summed E-state index contributed by atoms with van der Waals surface area (Å²) in [4.78, 5) is 0. The highest BCUT2D eigenvalue weighted by Gasteiger charge is 2.42. The number of benzene rings is 3. The van der Waals surface area contributed by atoms with Crippen LogP contribution in [0.5, 0.6) is 0 Å². The van der Waals surface area contributed by atoms with Gasteiger partial charge in [0, 0.05) is 11.1 Å². The van der Waals surface area contributed by atoms with E-state index in [0.29, 0.717) is 13.2 Å². The van der Waals surface area contributed by atoms with E-state index in [2.05, 4.69) is 71.4 Å². The van der Waals surface area contributed by atoms with Crippen molar-refractivity contribution < 1.29 is 9.47 Å². The van der Waals surface area contributed by atoms with Crippen LogP contribution in [0.1, 0.15) is 11.1 Å². The number of thiophene rings is 1. The van der Waals surface area contributed by atoms with Gasteiger partial charge >= 0.3 is 0 Å². The molecule has 0 radical (unpaired) electrons. The number of hydrogen-bond donors (Lipinski definition) is 0. The maximum atomic E-state index is 6.21. The summed E-state index contributed by atoms with van der Waals surface area (Å²) in [6.45, 7) is 1.22. The van der Waals surface area contributed by atoms with Crippen molar-refractivity contribution in [1.82, 2.24) is 0 Å². The fourth-order valence-electron chi connectivity index (χ4n) is 3.67. The summed E-state index contributed by atoms with van der Waals surface area (Å²) < 4.78 is 12.4. The van der Waals surface area contributed by atoms with E-state index in [1.165, 1.54) is 21.5 Å². The molecule has 1 aliphatic rings. The van der Waals surface area contributed by atoms with Crippen LogP contribution >= 0.6 is 11.3 Å². The van der Waals surface area contributed by atoms with E-state index in [9.17, 15) is 0 Å². The Labute approximate surface area is 144 Å². The molecular formula is C21H16O2S. The highest BCUT2D eigenvalue weighted by atomic mass is 32.1. The van der Waals surface area contributed by atoms with Gasteiger partial charge in [0.25, 0.3) is 0 Å². The molecule has 1 aliphatic heterocycles. The summed E-state index contributed by atoms with van der Waals surface area (Å²) in [5.41, 5.74) is 2.16. The van der Waals surface area contributed by atoms with Gasteiger partial charge in [-0.2, -0.15) is 11.3 Å². The van der Waals surface area contributed by atoms with Gasteiger partial charge in [0.2, 0.25) is 5.79 Å². The quantitative estimate of drug-likeness (QED) is 0.464. The van der Waals surface area contributed by atoms with E-state index in [4.69, 9.17) is 9.47 Å². The maximum Gasteiger partial charge on any atom is 0.223 e. The molecule has 24 heavy (non-hydrogen) atoms. The van der Waals surface area contributed by atoms with Crippen molar-refractivity contribution in [3.8, 4) is 0 Å². The third-order valence-electron chi connectivity index (χ3n) is 4.72. The van der Waals surface area contributed by atoms with E-state index < -0.39 is 5.79 Å². The van der Waals surface area contributed by atoms with Crippen LogP contribution in [0.2, 0.25) is 0 Å². The average Bonchev–Trinajstić information content (AvgIpc) is 3.33. The van der Waals surface area contributed by atoms with Crippen LogP contribution in [0, 0.1) is 0 Å². The Kier molecular flexibility index (Phi) is 3.20. The van der Waals surface area contributed by atoms with Crippen LogP contribution in [0.15, 0.2) is 71.4 Å². The molecule has 0 aliphatic carbocycles. The van der Waals surface area contributed by atoms with Crippen molar-refractivity contribution in [3.63, 3.8) is 0 Å². The monoisotopic (exact) mass is 332 g/mol. The van der Waals surface area contributed by atoms with Crippen LogP contribution in [0.25, 0.3) is 21.5 Å². The van der Waals surface area contributed by atoms with Gasteiger partial charge in [-0.15, -0.1) is 0 Å². The zero-order valence-corrected chi connectivity index (χ0v) is 13.9. The Morgan fingerprint density at radius 2 is 1.50 bits per heavy atom. The number of ether oxygens (including phenoxy) is 2. The summed E-state index contributed by atoms with van der Waals surface area (Å²) in [5, 5.41) is 9.08. The molecule has 0 saturated carbocycles. The van der Waals surface area contributed by atoms with Crippen molar-refractivity contribution in [3.05, 3.63) is 82.6 Å². The average molecular weight is 332 g/mol. The molecule has 2 nitrogen and oxygen atoms in total. The van der Waals surface area contributed by atoms with E-state index in [0.717, 1.165) is 11.1 Å². The van der Waals surface area contributed by atoms with Gasteiger partial charge in [-0.05, 0) is 44.4 Å². The second-order valence-electron chi connectivity index (χ2n) is 6.02. The molecule has 2 heterocycles. The molecule has 1 saturated heterocycles. The normalized spacial score (nSPS) is 16.8. The van der Waals surface area contributed by atoms with Crippen LogP contribution in [-0.2, 0) is 15.3 Å². The Bertz CT molecular complexity index is 1010. The van der Waals surface area contributed by atoms with Crippen LogP contribution in [-0.4, -0.2) is 13.2 Å². The molecule has 0 spiro atoms. The third kappa shape index (κ3) is 1.96. The second kappa shape index (κ2) is 5.42. The molecule has 1 fully saturated rings. The molecule has 3 heteroatoms. The van der Waals surface area contributed by atoms with Crippen molar-refractivity contribution in [1.29, 1.82) is 0 Å². The summed E-state index contributed by atoms with van der Waals surface area (Å²) >= 11 is 1.67. The molecule has 5 rings (SSSR count). The minimum absolute atomic E-state index is 0.608. The first kappa shape index (κ1) is 14.2. The Balaban J connectivity index is 1.91. The molecule has 118 valence electrons. The van der Waals surface area contributed by atoms with Crippen molar-refractivity contribution in [2.75, 3.05) is 13.2 Å². The van der Waals surface area contributed by atoms with Crippen molar-refractivity contribution >= 4 is 32.9 Å². The Morgan fingerprint density at radius 3 is 2.25 bits per heavy atom. The van der Waals surface area contributed by atoms with Crippen LogP contribution in [0.3, 0.4) is 0 Å². The predicted molar refractivity (Wildman–Crippen MR) is 98.5 cm³/mol. The molecule has 1 aromatic heterocycles. The van der Waals surface area contributed by atoms with E-state index in [-0.39, 0.29) is 0 Å². The summed E-state index contributed by atoms with van der Waals surface area (Å²) in [5.74, 6) is -0.802. The van der Waals surface area contributed by atoms with Gasteiger partial charge in [0.1, 0.15) is 0 Å².